The Morgan fingerprint density at radius 2 is 2.44 bits per heavy atom. The van der Waals surface area contributed by atoms with Gasteiger partial charge in [0.2, 0.25) is 0 Å². The lowest BCUT2D eigenvalue weighted by Crippen LogP contribution is -2.28. The fourth-order valence-corrected chi connectivity index (χ4v) is 2.04. The number of hydrogen-bond acceptors (Lipinski definition) is 4. The minimum absolute atomic E-state index is 0.766. The first-order valence-corrected chi connectivity index (χ1v) is 5.75. The largest absolute Gasteiger partial charge is 0.360 e. The zero-order valence-corrected chi connectivity index (χ0v) is 9.99. The number of nitrogens with one attached hydrogen (secondary N) is 1. The predicted molar refractivity (Wildman–Crippen MR) is 62.9 cm³/mol. The molecule has 1 aromatic rings. The third kappa shape index (κ3) is 2.93. The summed E-state index contributed by atoms with van der Waals surface area (Å²) in [5.74, 6) is 0.958. The first-order valence-electron chi connectivity index (χ1n) is 5.75. The Morgan fingerprint density at radius 1 is 1.56 bits per heavy atom. The van der Waals surface area contributed by atoms with Gasteiger partial charge in [-0.05, 0) is 20.4 Å². The van der Waals surface area contributed by atoms with Crippen LogP contribution in [-0.2, 0) is 13.1 Å². The quantitative estimate of drug-likeness (QED) is 0.783. The van der Waals surface area contributed by atoms with Gasteiger partial charge >= 0.3 is 0 Å². The minimum Gasteiger partial charge on any atom is -0.360 e. The molecule has 4 heteroatoms. The van der Waals surface area contributed by atoms with Crippen molar-refractivity contribution in [2.75, 3.05) is 20.1 Å². The van der Waals surface area contributed by atoms with Crippen molar-refractivity contribution in [3.05, 3.63) is 29.2 Å². The number of aromatic nitrogens is 1. The van der Waals surface area contributed by atoms with Gasteiger partial charge in [0.05, 0.1) is 12.2 Å². The Bertz CT molecular complexity index is 370. The van der Waals surface area contributed by atoms with Crippen LogP contribution in [0.15, 0.2) is 22.2 Å². The maximum absolute atomic E-state index is 5.30. The molecule has 1 aliphatic heterocycles. The monoisotopic (exact) mass is 221 g/mol. The summed E-state index contributed by atoms with van der Waals surface area (Å²) in [7, 11) is 1.91. The van der Waals surface area contributed by atoms with Gasteiger partial charge in [-0.25, -0.2) is 0 Å². The molecule has 0 fully saturated rings. The molecule has 0 atom stereocenters. The van der Waals surface area contributed by atoms with Crippen molar-refractivity contribution in [1.82, 2.24) is 15.4 Å². The van der Waals surface area contributed by atoms with Gasteiger partial charge in [-0.15, -0.1) is 0 Å². The van der Waals surface area contributed by atoms with Crippen LogP contribution in [-0.4, -0.2) is 30.2 Å². The SMILES string of the molecule is CNCc1cc(CN2CCC=C(C)C2)on1. The molecule has 0 unspecified atom stereocenters. The average Bonchev–Trinajstić information content (AvgIpc) is 2.66. The van der Waals surface area contributed by atoms with E-state index in [0.29, 0.717) is 0 Å². The average molecular weight is 221 g/mol. The molecule has 2 rings (SSSR count). The van der Waals surface area contributed by atoms with E-state index in [1.165, 1.54) is 5.57 Å². The third-order valence-electron chi connectivity index (χ3n) is 2.76. The lowest BCUT2D eigenvalue weighted by Gasteiger charge is -2.24. The number of nitrogens with zero attached hydrogens (tertiary/aromatic N) is 2. The molecule has 0 radical (unpaired) electrons. The summed E-state index contributed by atoms with van der Waals surface area (Å²) in [6.07, 6.45) is 3.45. The fraction of sp³-hybridized carbons (Fsp3) is 0.583. The zero-order valence-electron chi connectivity index (χ0n) is 9.99. The van der Waals surface area contributed by atoms with Crippen LogP contribution < -0.4 is 5.32 Å². The minimum atomic E-state index is 0.766. The second-order valence-electron chi connectivity index (χ2n) is 4.36. The molecular formula is C12H19N3O. The Kier molecular flexibility index (Phi) is 3.74. The standard InChI is InChI=1S/C12H19N3O/c1-10-4-3-5-15(8-10)9-12-6-11(7-13-2)14-16-12/h4,6,13H,3,5,7-9H2,1-2H3. The van der Waals surface area contributed by atoms with Crippen LogP contribution in [0.1, 0.15) is 24.8 Å². The van der Waals surface area contributed by atoms with Crippen LogP contribution in [0.25, 0.3) is 0 Å². The summed E-state index contributed by atoms with van der Waals surface area (Å²) in [6.45, 7) is 5.96. The highest BCUT2D eigenvalue weighted by Gasteiger charge is 2.13. The fourth-order valence-electron chi connectivity index (χ4n) is 2.04. The van der Waals surface area contributed by atoms with Gasteiger partial charge in [0.15, 0.2) is 5.76 Å². The van der Waals surface area contributed by atoms with Gasteiger partial charge in [-0.2, -0.15) is 0 Å². The molecule has 0 spiro atoms. The van der Waals surface area contributed by atoms with E-state index in [-0.39, 0.29) is 0 Å². The van der Waals surface area contributed by atoms with Crippen LogP contribution in [0.3, 0.4) is 0 Å². The third-order valence-corrected chi connectivity index (χ3v) is 2.76. The molecule has 0 saturated heterocycles. The topological polar surface area (TPSA) is 41.3 Å². The van der Waals surface area contributed by atoms with Crippen LogP contribution in [0, 0.1) is 0 Å². The van der Waals surface area contributed by atoms with E-state index in [9.17, 15) is 0 Å². The molecule has 4 nitrogen and oxygen atoms in total. The molecule has 0 amide bonds. The van der Waals surface area contributed by atoms with Crippen molar-refractivity contribution in [2.24, 2.45) is 0 Å². The Balaban J connectivity index is 1.91. The molecule has 0 saturated carbocycles. The highest BCUT2D eigenvalue weighted by Crippen LogP contribution is 2.13. The molecule has 0 aromatic carbocycles. The van der Waals surface area contributed by atoms with Gasteiger partial charge < -0.3 is 9.84 Å². The van der Waals surface area contributed by atoms with Crippen molar-refractivity contribution in [1.29, 1.82) is 0 Å². The highest BCUT2D eigenvalue weighted by atomic mass is 16.5. The second-order valence-corrected chi connectivity index (χ2v) is 4.36. The maximum atomic E-state index is 5.30. The van der Waals surface area contributed by atoms with Crippen molar-refractivity contribution < 1.29 is 4.52 Å². The Hall–Kier alpha value is -1.13. The normalized spacial score (nSPS) is 17.5. The van der Waals surface area contributed by atoms with Gasteiger partial charge in [-0.1, -0.05) is 16.8 Å². The summed E-state index contributed by atoms with van der Waals surface area (Å²) in [4.78, 5) is 2.39. The zero-order chi connectivity index (χ0) is 11.4. The second kappa shape index (κ2) is 5.27. The highest BCUT2D eigenvalue weighted by molar-refractivity contribution is 5.08. The molecule has 1 aliphatic rings. The Morgan fingerprint density at radius 3 is 3.19 bits per heavy atom. The van der Waals surface area contributed by atoms with Gasteiger partial charge in [-0.3, -0.25) is 4.90 Å². The molecule has 0 bridgehead atoms. The smallest absolute Gasteiger partial charge is 0.151 e. The lowest BCUT2D eigenvalue weighted by molar-refractivity contribution is 0.242. The molecule has 0 aliphatic carbocycles. The molecule has 1 aromatic heterocycles. The first kappa shape index (κ1) is 11.4. The molecule has 1 N–H and O–H groups in total. The summed E-state index contributed by atoms with van der Waals surface area (Å²) >= 11 is 0. The van der Waals surface area contributed by atoms with E-state index in [4.69, 9.17) is 4.52 Å². The maximum Gasteiger partial charge on any atom is 0.151 e. The van der Waals surface area contributed by atoms with Crippen LogP contribution in [0.4, 0.5) is 0 Å². The van der Waals surface area contributed by atoms with Gasteiger partial charge in [0.1, 0.15) is 0 Å². The van der Waals surface area contributed by atoms with Crippen LogP contribution >= 0.6 is 0 Å². The summed E-state index contributed by atoms with van der Waals surface area (Å²) in [5, 5.41) is 7.07. The molecular weight excluding hydrogens is 202 g/mol. The van der Waals surface area contributed by atoms with Crippen molar-refractivity contribution in [3.63, 3.8) is 0 Å². The van der Waals surface area contributed by atoms with Crippen LogP contribution in [0.5, 0.6) is 0 Å². The van der Waals surface area contributed by atoms with Gasteiger partial charge in [0, 0.05) is 25.7 Å². The molecule has 2 heterocycles. The predicted octanol–water partition coefficient (Wildman–Crippen LogP) is 1.55. The van der Waals surface area contributed by atoms with Gasteiger partial charge in [0.25, 0.3) is 0 Å². The van der Waals surface area contributed by atoms with E-state index in [1.807, 2.05) is 13.1 Å². The van der Waals surface area contributed by atoms with E-state index >= 15 is 0 Å². The number of hydrogen-bond donors (Lipinski definition) is 1. The summed E-state index contributed by atoms with van der Waals surface area (Å²) in [6, 6.07) is 2.03. The van der Waals surface area contributed by atoms with E-state index < -0.39 is 0 Å². The molecule has 16 heavy (non-hydrogen) atoms. The van der Waals surface area contributed by atoms with Crippen LogP contribution in [0.2, 0.25) is 0 Å². The van der Waals surface area contributed by atoms with E-state index in [1.54, 1.807) is 0 Å². The number of rotatable bonds is 4. The lowest BCUT2D eigenvalue weighted by atomic mass is 10.1. The summed E-state index contributed by atoms with van der Waals surface area (Å²) < 4.78 is 5.30. The van der Waals surface area contributed by atoms with Crippen molar-refractivity contribution in [3.8, 4) is 0 Å². The van der Waals surface area contributed by atoms with Crippen molar-refractivity contribution >= 4 is 0 Å². The summed E-state index contributed by atoms with van der Waals surface area (Å²) in [5.41, 5.74) is 2.42. The first-order chi connectivity index (χ1) is 7.78. The van der Waals surface area contributed by atoms with Crippen molar-refractivity contribution in [2.45, 2.75) is 26.4 Å². The van der Waals surface area contributed by atoms with E-state index in [2.05, 4.69) is 28.4 Å². The molecule has 88 valence electrons. The van der Waals surface area contributed by atoms with E-state index in [0.717, 1.165) is 44.1 Å². The Labute approximate surface area is 96.3 Å².